The van der Waals surface area contributed by atoms with Crippen LogP contribution in [0.2, 0.25) is 10.0 Å². The van der Waals surface area contributed by atoms with Crippen LogP contribution < -0.4 is 9.62 Å². The lowest BCUT2D eigenvalue weighted by Crippen LogP contribution is -2.52. The number of halogens is 2. The third kappa shape index (κ3) is 5.48. The van der Waals surface area contributed by atoms with E-state index in [9.17, 15) is 13.2 Å². The number of benzene rings is 1. The van der Waals surface area contributed by atoms with E-state index in [2.05, 4.69) is 10.2 Å². The summed E-state index contributed by atoms with van der Waals surface area (Å²) in [6.07, 6.45) is 2.74. The highest BCUT2D eigenvalue weighted by molar-refractivity contribution is 7.92. The molecule has 1 aromatic rings. The van der Waals surface area contributed by atoms with Crippen molar-refractivity contribution in [2.24, 2.45) is 0 Å². The molecule has 1 atom stereocenters. The van der Waals surface area contributed by atoms with Crippen LogP contribution in [0.1, 0.15) is 19.8 Å². The summed E-state index contributed by atoms with van der Waals surface area (Å²) < 4.78 is 25.6. The van der Waals surface area contributed by atoms with Gasteiger partial charge >= 0.3 is 0 Å². The van der Waals surface area contributed by atoms with Gasteiger partial charge in [-0.3, -0.25) is 9.10 Å². The second-order valence-electron chi connectivity index (χ2n) is 6.45. The molecule has 6 nitrogen and oxygen atoms in total. The molecule has 0 bridgehead atoms. The molecule has 1 amide bonds. The molecule has 1 heterocycles. The van der Waals surface area contributed by atoms with Crippen molar-refractivity contribution in [2.45, 2.75) is 31.8 Å². The quantitative estimate of drug-likeness (QED) is 0.812. The van der Waals surface area contributed by atoms with E-state index in [0.717, 1.165) is 36.5 Å². The maximum Gasteiger partial charge on any atom is 0.243 e. The van der Waals surface area contributed by atoms with Gasteiger partial charge in [-0.15, -0.1) is 0 Å². The fourth-order valence-electron chi connectivity index (χ4n) is 2.95. The first-order valence-corrected chi connectivity index (χ1v) is 10.6. The summed E-state index contributed by atoms with van der Waals surface area (Å²) in [4.78, 5) is 14.8. The van der Waals surface area contributed by atoms with Gasteiger partial charge in [-0.2, -0.15) is 0 Å². The summed E-state index contributed by atoms with van der Waals surface area (Å²) in [5.41, 5.74) is 0.269. The highest BCUT2D eigenvalue weighted by Crippen LogP contribution is 2.28. The standard InChI is InChI=1S/C16H23Cl2N3O3S/c1-11(16(22)19-14-4-6-20(2)7-5-14)21(25(3,23)24)15-9-12(17)8-13(18)10-15/h8-11,14H,4-7H2,1-3H3,(H,19,22)/t11-/m1/s1. The molecule has 0 unspecified atom stereocenters. The van der Waals surface area contributed by atoms with Gasteiger partial charge in [-0.05, 0) is 58.1 Å². The van der Waals surface area contributed by atoms with Crippen LogP contribution in [-0.2, 0) is 14.8 Å². The summed E-state index contributed by atoms with van der Waals surface area (Å²) in [5.74, 6) is -0.337. The molecule has 0 saturated carbocycles. The summed E-state index contributed by atoms with van der Waals surface area (Å²) in [6, 6.07) is 3.61. The van der Waals surface area contributed by atoms with Crippen molar-refractivity contribution in [3.05, 3.63) is 28.2 Å². The lowest BCUT2D eigenvalue weighted by atomic mass is 10.1. The Labute approximate surface area is 159 Å². The van der Waals surface area contributed by atoms with Gasteiger partial charge < -0.3 is 10.2 Å². The van der Waals surface area contributed by atoms with E-state index in [1.54, 1.807) is 6.92 Å². The van der Waals surface area contributed by atoms with Gasteiger partial charge in [0, 0.05) is 16.1 Å². The zero-order chi connectivity index (χ0) is 18.8. The fourth-order valence-corrected chi connectivity index (χ4v) is 4.62. The van der Waals surface area contributed by atoms with E-state index >= 15 is 0 Å². The third-order valence-electron chi connectivity index (χ3n) is 4.26. The minimum absolute atomic E-state index is 0.0514. The molecular formula is C16H23Cl2N3O3S. The molecule has 1 N–H and O–H groups in total. The zero-order valence-corrected chi connectivity index (χ0v) is 16.8. The van der Waals surface area contributed by atoms with Gasteiger partial charge in [0.05, 0.1) is 11.9 Å². The molecule has 1 fully saturated rings. The number of hydrogen-bond donors (Lipinski definition) is 1. The van der Waals surface area contributed by atoms with E-state index in [1.165, 1.54) is 18.2 Å². The van der Waals surface area contributed by atoms with Crippen molar-refractivity contribution in [1.29, 1.82) is 0 Å². The Hall–Kier alpha value is -1.02. The van der Waals surface area contributed by atoms with Gasteiger partial charge in [0.15, 0.2) is 0 Å². The van der Waals surface area contributed by atoms with E-state index in [-0.39, 0.29) is 17.6 Å². The molecule has 1 saturated heterocycles. The summed E-state index contributed by atoms with van der Waals surface area (Å²) in [6.45, 7) is 3.36. The molecule has 1 aliphatic heterocycles. The Morgan fingerprint density at radius 1 is 1.24 bits per heavy atom. The molecule has 1 aliphatic rings. The first-order chi connectivity index (χ1) is 11.6. The van der Waals surface area contributed by atoms with Crippen LogP contribution in [-0.4, -0.2) is 57.7 Å². The summed E-state index contributed by atoms with van der Waals surface area (Å²) in [7, 11) is -1.66. The normalized spacial score (nSPS) is 18.0. The van der Waals surface area contributed by atoms with Crippen LogP contribution >= 0.6 is 23.2 Å². The number of nitrogens with zero attached hydrogens (tertiary/aromatic N) is 2. The van der Waals surface area contributed by atoms with Crippen molar-refractivity contribution < 1.29 is 13.2 Å². The summed E-state index contributed by atoms with van der Waals surface area (Å²) >= 11 is 12.0. The first-order valence-electron chi connectivity index (χ1n) is 8.02. The Morgan fingerprint density at radius 2 is 1.76 bits per heavy atom. The van der Waals surface area contributed by atoms with Crippen molar-refractivity contribution in [3.8, 4) is 0 Å². The maximum atomic E-state index is 12.6. The van der Waals surface area contributed by atoms with E-state index in [4.69, 9.17) is 23.2 Å². The number of sulfonamides is 1. The van der Waals surface area contributed by atoms with Gasteiger partial charge in [-0.1, -0.05) is 23.2 Å². The molecule has 0 spiro atoms. The van der Waals surface area contributed by atoms with Crippen LogP contribution in [0.25, 0.3) is 0 Å². The third-order valence-corrected chi connectivity index (χ3v) is 5.93. The fraction of sp³-hybridized carbons (Fsp3) is 0.562. The smallest absolute Gasteiger partial charge is 0.243 e. The largest absolute Gasteiger partial charge is 0.351 e. The number of anilines is 1. The zero-order valence-electron chi connectivity index (χ0n) is 14.5. The predicted octanol–water partition coefficient (Wildman–Crippen LogP) is 2.36. The lowest BCUT2D eigenvalue weighted by molar-refractivity contribution is -0.122. The van der Waals surface area contributed by atoms with Crippen LogP contribution in [0, 0.1) is 0 Å². The van der Waals surface area contributed by atoms with E-state index < -0.39 is 16.1 Å². The molecule has 0 aliphatic carbocycles. The molecule has 25 heavy (non-hydrogen) atoms. The molecule has 0 aromatic heterocycles. The number of carbonyl (C=O) groups excluding carboxylic acids is 1. The Morgan fingerprint density at radius 3 is 2.24 bits per heavy atom. The minimum atomic E-state index is -3.70. The van der Waals surface area contributed by atoms with Crippen LogP contribution in [0.5, 0.6) is 0 Å². The topological polar surface area (TPSA) is 69.7 Å². The number of likely N-dealkylation sites (tertiary alicyclic amines) is 1. The van der Waals surface area contributed by atoms with Crippen molar-refractivity contribution in [2.75, 3.05) is 30.7 Å². The molecule has 2 rings (SSSR count). The Kier molecular flexibility index (Phi) is 6.59. The highest BCUT2D eigenvalue weighted by atomic mass is 35.5. The SMILES string of the molecule is C[C@H](C(=O)NC1CCN(C)CC1)N(c1cc(Cl)cc(Cl)c1)S(C)(=O)=O. The molecule has 1 aromatic carbocycles. The van der Waals surface area contributed by atoms with Crippen molar-refractivity contribution >= 4 is 44.8 Å². The van der Waals surface area contributed by atoms with Gasteiger partial charge in [0.25, 0.3) is 0 Å². The maximum absolute atomic E-state index is 12.6. The monoisotopic (exact) mass is 407 g/mol. The number of amides is 1. The number of carbonyl (C=O) groups is 1. The van der Waals surface area contributed by atoms with E-state index in [1.807, 2.05) is 7.05 Å². The van der Waals surface area contributed by atoms with Crippen molar-refractivity contribution in [3.63, 3.8) is 0 Å². The highest BCUT2D eigenvalue weighted by Gasteiger charge is 2.31. The van der Waals surface area contributed by atoms with Crippen LogP contribution in [0.15, 0.2) is 18.2 Å². The number of rotatable bonds is 5. The molecule has 0 radical (unpaired) electrons. The predicted molar refractivity (Wildman–Crippen MR) is 102 cm³/mol. The van der Waals surface area contributed by atoms with Crippen LogP contribution in [0.4, 0.5) is 5.69 Å². The second kappa shape index (κ2) is 8.12. The average molecular weight is 408 g/mol. The Bertz CT molecular complexity index is 714. The molecule has 140 valence electrons. The molecular weight excluding hydrogens is 385 g/mol. The lowest BCUT2D eigenvalue weighted by Gasteiger charge is -2.33. The minimum Gasteiger partial charge on any atom is -0.351 e. The van der Waals surface area contributed by atoms with Gasteiger partial charge in [-0.25, -0.2) is 8.42 Å². The van der Waals surface area contributed by atoms with Crippen molar-refractivity contribution in [1.82, 2.24) is 10.2 Å². The number of hydrogen-bond acceptors (Lipinski definition) is 4. The second-order valence-corrected chi connectivity index (χ2v) is 9.18. The number of piperidine rings is 1. The first kappa shape index (κ1) is 20.3. The molecule has 9 heteroatoms. The van der Waals surface area contributed by atoms with Gasteiger partial charge in [0.2, 0.25) is 15.9 Å². The average Bonchev–Trinajstić information content (AvgIpc) is 2.47. The van der Waals surface area contributed by atoms with Crippen LogP contribution in [0.3, 0.4) is 0 Å². The Balaban J connectivity index is 2.21. The number of nitrogens with one attached hydrogen (secondary N) is 1. The summed E-state index contributed by atoms with van der Waals surface area (Å²) in [5, 5.41) is 3.56. The van der Waals surface area contributed by atoms with E-state index in [0.29, 0.717) is 10.0 Å². The van der Waals surface area contributed by atoms with Gasteiger partial charge in [0.1, 0.15) is 6.04 Å².